The van der Waals surface area contributed by atoms with Gasteiger partial charge in [0.2, 0.25) is 0 Å². The molecule has 0 aromatic heterocycles. The first kappa shape index (κ1) is 33.9. The van der Waals surface area contributed by atoms with Gasteiger partial charge in [-0.05, 0) is 13.0 Å². The number of hydrogen-bond acceptors (Lipinski definition) is 7. The van der Waals surface area contributed by atoms with Crippen LogP contribution in [0.4, 0.5) is 0 Å². The normalized spacial score (nSPS) is 11.9. The van der Waals surface area contributed by atoms with Crippen molar-refractivity contribution < 1.29 is 87.8 Å². The molecule has 0 aliphatic heterocycles. The van der Waals surface area contributed by atoms with Crippen molar-refractivity contribution in [3.63, 3.8) is 0 Å². The van der Waals surface area contributed by atoms with Crippen LogP contribution in [0.15, 0.2) is 0 Å². The zero-order chi connectivity index (χ0) is 19.2. The van der Waals surface area contributed by atoms with Crippen molar-refractivity contribution in [1.29, 1.82) is 0 Å². The topological polar surface area (TPSA) is 130 Å². The van der Waals surface area contributed by atoms with Crippen molar-refractivity contribution >= 4 is 15.2 Å². The second-order valence-electron chi connectivity index (χ2n) is 6.79. The molecule has 0 fully saturated rings. The van der Waals surface area contributed by atoms with E-state index in [2.05, 4.69) is 6.92 Å². The average Bonchev–Trinajstić information content (AvgIpc) is 2.45. The summed E-state index contributed by atoms with van der Waals surface area (Å²) in [5, 5.41) is 0. The van der Waals surface area contributed by atoms with Gasteiger partial charge < -0.3 is 28.7 Å². The Morgan fingerprint density at radius 1 is 0.593 bits per heavy atom. The minimum Gasteiger partial charge on any atom is -0.810 e. The third-order valence-electron chi connectivity index (χ3n) is 4.07. The van der Waals surface area contributed by atoms with Crippen molar-refractivity contribution in [3.8, 4) is 0 Å². The molecule has 0 heterocycles. The van der Waals surface area contributed by atoms with E-state index in [4.69, 9.17) is 0 Å². The molecule has 0 N–H and O–H groups in total. The summed E-state index contributed by atoms with van der Waals surface area (Å²) in [6.45, 7) is 2.35. The van der Waals surface area contributed by atoms with Crippen LogP contribution < -0.4 is 78.7 Å². The standard InChI is InChI=1S/C16H37NO6P2.2Na/c1-2-3-4-5-6-7-8-9-10-11-12-13-14-17(15-24(18,19)20)16-25(21,22)23;;/h2-16H2,1H3,(H2,18,19,20)(H2,21,22,23);;/q;2*+1/p-4. The van der Waals surface area contributed by atoms with E-state index >= 15 is 0 Å². The Kier molecular flexibility index (Phi) is 25.3. The maximum Gasteiger partial charge on any atom is 1.00 e. The largest absolute Gasteiger partial charge is 1.00 e. The van der Waals surface area contributed by atoms with E-state index in [9.17, 15) is 28.7 Å². The number of hydrogen-bond donors (Lipinski definition) is 0. The molecule has 0 saturated heterocycles. The van der Waals surface area contributed by atoms with Crippen LogP contribution in [0.3, 0.4) is 0 Å². The minimum atomic E-state index is -4.87. The van der Waals surface area contributed by atoms with E-state index in [0.29, 0.717) is 6.42 Å². The summed E-state index contributed by atoms with van der Waals surface area (Å²) in [6, 6.07) is 0. The van der Waals surface area contributed by atoms with Gasteiger partial charge >= 0.3 is 59.1 Å². The molecule has 7 nitrogen and oxygen atoms in total. The Morgan fingerprint density at radius 2 is 0.889 bits per heavy atom. The Labute approximate surface area is 209 Å². The van der Waals surface area contributed by atoms with Crippen LogP contribution in [-0.2, 0) is 9.13 Å². The predicted octanol–water partition coefficient (Wildman–Crippen LogP) is -4.26. The molecule has 152 valence electrons. The van der Waals surface area contributed by atoms with Crippen LogP contribution in [0, 0.1) is 0 Å². The smallest absolute Gasteiger partial charge is 0.810 e. The quantitative estimate of drug-likeness (QED) is 0.126. The molecule has 27 heavy (non-hydrogen) atoms. The molecule has 0 radical (unpaired) electrons. The molecule has 0 spiro atoms. The zero-order valence-corrected chi connectivity index (χ0v) is 23.2. The van der Waals surface area contributed by atoms with Gasteiger partial charge in [0.05, 0.1) is 0 Å². The third kappa shape index (κ3) is 28.3. The SMILES string of the molecule is CCCCCCCCCCCCCCN(CP(=O)([O-])[O-])CP(=O)([O-])[O-].[Na+].[Na+]. The molecular weight excluding hydrogens is 410 g/mol. The van der Waals surface area contributed by atoms with Crippen molar-refractivity contribution in [3.05, 3.63) is 0 Å². The monoisotopic (exact) mass is 443 g/mol. The molecule has 0 rings (SSSR count). The average molecular weight is 443 g/mol. The molecule has 0 amide bonds. The van der Waals surface area contributed by atoms with Crippen molar-refractivity contribution in [2.24, 2.45) is 0 Å². The van der Waals surface area contributed by atoms with Gasteiger partial charge in [-0.2, -0.15) is 0 Å². The fourth-order valence-corrected chi connectivity index (χ4v) is 4.47. The third-order valence-corrected chi connectivity index (χ3v) is 5.57. The predicted molar refractivity (Wildman–Crippen MR) is 92.7 cm³/mol. The van der Waals surface area contributed by atoms with Gasteiger partial charge in [-0.1, -0.05) is 92.7 Å². The minimum absolute atomic E-state index is 0. The first-order chi connectivity index (χ1) is 11.6. The van der Waals surface area contributed by atoms with Crippen LogP contribution in [0.5, 0.6) is 0 Å². The van der Waals surface area contributed by atoms with E-state index < -0.39 is 27.8 Å². The first-order valence-electron chi connectivity index (χ1n) is 9.38. The van der Waals surface area contributed by atoms with Crippen LogP contribution in [-0.4, -0.2) is 24.0 Å². The maximum absolute atomic E-state index is 10.8. The Balaban J connectivity index is -0.00000288. The number of nitrogens with zero attached hydrogens (tertiary/aromatic N) is 1. The Bertz CT molecular complexity index is 396. The van der Waals surface area contributed by atoms with E-state index in [1.165, 1.54) is 51.4 Å². The van der Waals surface area contributed by atoms with E-state index in [1.54, 1.807) is 0 Å². The summed E-state index contributed by atoms with van der Waals surface area (Å²) in [6.07, 6.45) is 11.9. The van der Waals surface area contributed by atoms with E-state index in [1.807, 2.05) is 0 Å². The van der Waals surface area contributed by atoms with Crippen LogP contribution >= 0.6 is 15.2 Å². The molecule has 0 aromatic rings. The van der Waals surface area contributed by atoms with Gasteiger partial charge in [0, 0.05) is 12.6 Å². The van der Waals surface area contributed by atoms with Gasteiger partial charge in [0.25, 0.3) is 0 Å². The van der Waals surface area contributed by atoms with Gasteiger partial charge in [-0.25, -0.2) is 0 Å². The van der Waals surface area contributed by atoms with Gasteiger partial charge in [-0.3, -0.25) is 4.90 Å². The number of rotatable bonds is 17. The van der Waals surface area contributed by atoms with Crippen LogP contribution in [0.2, 0.25) is 0 Å². The molecule has 0 aliphatic rings. The maximum atomic E-state index is 10.8. The molecule has 0 aromatic carbocycles. The summed E-state index contributed by atoms with van der Waals surface area (Å²) < 4.78 is 21.6. The van der Waals surface area contributed by atoms with Crippen molar-refractivity contribution in [2.75, 3.05) is 19.1 Å². The summed E-state index contributed by atoms with van der Waals surface area (Å²) in [5.74, 6) is 0. The van der Waals surface area contributed by atoms with Gasteiger partial charge in [0.15, 0.2) is 0 Å². The number of unbranched alkanes of at least 4 members (excludes halogenated alkanes) is 11. The van der Waals surface area contributed by atoms with Crippen molar-refractivity contribution in [1.82, 2.24) is 4.90 Å². The summed E-state index contributed by atoms with van der Waals surface area (Å²) >= 11 is 0. The molecule has 0 aliphatic carbocycles. The van der Waals surface area contributed by atoms with E-state index in [-0.39, 0.29) is 65.7 Å². The van der Waals surface area contributed by atoms with E-state index in [0.717, 1.165) is 24.2 Å². The summed E-state index contributed by atoms with van der Waals surface area (Å²) in [7, 11) is -9.73. The fraction of sp³-hybridized carbons (Fsp3) is 1.00. The van der Waals surface area contributed by atoms with Gasteiger partial charge in [-0.15, -0.1) is 0 Å². The van der Waals surface area contributed by atoms with Crippen LogP contribution in [0.25, 0.3) is 0 Å². The molecule has 11 heteroatoms. The molecule has 0 bridgehead atoms. The summed E-state index contributed by atoms with van der Waals surface area (Å²) in [4.78, 5) is 44.1. The molecule has 0 atom stereocenters. The Hall–Kier alpha value is 2.26. The zero-order valence-electron chi connectivity index (χ0n) is 17.4. The molecule has 0 unspecified atom stereocenters. The fourth-order valence-electron chi connectivity index (χ4n) is 2.85. The molecule has 0 saturated carbocycles. The Morgan fingerprint density at radius 3 is 1.19 bits per heavy atom. The first-order valence-corrected chi connectivity index (χ1v) is 12.8. The molecular formula is C16H33NNa2O6P2-2. The van der Waals surface area contributed by atoms with Crippen LogP contribution in [0.1, 0.15) is 84.0 Å². The van der Waals surface area contributed by atoms with Gasteiger partial charge in [0.1, 0.15) is 0 Å². The van der Waals surface area contributed by atoms with Crippen molar-refractivity contribution in [2.45, 2.75) is 84.0 Å². The second kappa shape index (κ2) is 20.2. The summed E-state index contributed by atoms with van der Waals surface area (Å²) in [5.41, 5.74) is 0. The second-order valence-corrected chi connectivity index (χ2v) is 9.80.